The molecule has 0 aliphatic carbocycles. The molecule has 0 spiro atoms. The molecular weight excluding hydrogens is 330 g/mol. The highest BCUT2D eigenvalue weighted by atomic mass is 16.5. The number of H-pyrrole nitrogens is 1. The molecule has 1 aliphatic rings. The summed E-state index contributed by atoms with van der Waals surface area (Å²) in [4.78, 5) is 18.0. The number of likely N-dealkylation sites (tertiary alicyclic amines) is 1. The van der Waals surface area contributed by atoms with E-state index in [1.165, 1.54) is 12.5 Å². The lowest BCUT2D eigenvalue weighted by atomic mass is 9.99. The fourth-order valence-electron chi connectivity index (χ4n) is 3.64. The molecule has 2 aromatic rings. The van der Waals surface area contributed by atoms with E-state index in [9.17, 15) is 4.79 Å². The van der Waals surface area contributed by atoms with Gasteiger partial charge in [0.2, 0.25) is 11.8 Å². The van der Waals surface area contributed by atoms with Crippen molar-refractivity contribution in [2.75, 3.05) is 25.5 Å². The van der Waals surface area contributed by atoms with Crippen molar-refractivity contribution in [2.45, 2.75) is 39.7 Å². The number of methoxy groups -OCH3 is 1. The minimum atomic E-state index is -0.0998. The molecule has 2 N–H and O–H groups in total. The van der Waals surface area contributed by atoms with Crippen LogP contribution in [0.3, 0.4) is 0 Å². The molecule has 7 nitrogen and oxygen atoms in total. The van der Waals surface area contributed by atoms with Crippen molar-refractivity contribution >= 4 is 11.7 Å². The van der Waals surface area contributed by atoms with E-state index in [1.54, 1.807) is 7.11 Å². The van der Waals surface area contributed by atoms with Gasteiger partial charge in [0.05, 0.1) is 18.8 Å². The summed E-state index contributed by atoms with van der Waals surface area (Å²) in [5.41, 5.74) is 3.22. The molecule has 7 heteroatoms. The van der Waals surface area contributed by atoms with Crippen molar-refractivity contribution in [3.05, 3.63) is 35.2 Å². The molecule has 2 atom stereocenters. The number of nitrogens with zero attached hydrogens (tertiary/aromatic N) is 3. The first-order valence-corrected chi connectivity index (χ1v) is 9.03. The van der Waals surface area contributed by atoms with Crippen LogP contribution in [0.2, 0.25) is 0 Å². The molecule has 2 aromatic heterocycles. The highest BCUT2D eigenvalue weighted by Crippen LogP contribution is 2.29. The van der Waals surface area contributed by atoms with E-state index in [-0.39, 0.29) is 11.9 Å². The Bertz CT molecular complexity index is 773. The zero-order valence-electron chi connectivity index (χ0n) is 15.9. The highest BCUT2D eigenvalue weighted by molar-refractivity contribution is 5.87. The van der Waals surface area contributed by atoms with Gasteiger partial charge < -0.3 is 10.1 Å². The number of aryl methyl sites for hydroxylation is 1. The van der Waals surface area contributed by atoms with Crippen LogP contribution >= 0.6 is 0 Å². The largest absolute Gasteiger partial charge is 0.481 e. The number of anilines is 1. The second-order valence-electron chi connectivity index (χ2n) is 7.08. The Morgan fingerprint density at radius 3 is 3.00 bits per heavy atom. The summed E-state index contributed by atoms with van der Waals surface area (Å²) in [6.07, 6.45) is 2.19. The monoisotopic (exact) mass is 357 g/mol. The molecule has 0 saturated carbocycles. The number of rotatable bonds is 6. The normalized spacial score (nSPS) is 18.7. The highest BCUT2D eigenvalue weighted by Gasteiger charge is 2.28. The lowest BCUT2D eigenvalue weighted by Gasteiger charge is -2.22. The number of hydrogen-bond acceptors (Lipinski definition) is 5. The van der Waals surface area contributed by atoms with E-state index >= 15 is 0 Å². The zero-order valence-corrected chi connectivity index (χ0v) is 15.9. The molecule has 1 amide bonds. The number of hydrogen-bond donors (Lipinski definition) is 2. The Hall–Kier alpha value is -2.41. The Morgan fingerprint density at radius 1 is 1.46 bits per heavy atom. The first-order valence-electron chi connectivity index (χ1n) is 9.03. The number of pyridine rings is 1. The second-order valence-corrected chi connectivity index (χ2v) is 7.08. The van der Waals surface area contributed by atoms with Crippen LogP contribution in [0.4, 0.5) is 5.82 Å². The zero-order chi connectivity index (χ0) is 18.7. The van der Waals surface area contributed by atoms with Gasteiger partial charge >= 0.3 is 0 Å². The molecule has 3 heterocycles. The third kappa shape index (κ3) is 4.40. The maximum absolute atomic E-state index is 11.2. The lowest BCUT2D eigenvalue weighted by Crippen LogP contribution is -2.25. The van der Waals surface area contributed by atoms with Gasteiger partial charge in [-0.25, -0.2) is 4.98 Å². The van der Waals surface area contributed by atoms with E-state index in [0.717, 1.165) is 37.3 Å². The molecule has 26 heavy (non-hydrogen) atoms. The lowest BCUT2D eigenvalue weighted by molar-refractivity contribution is -0.114. The van der Waals surface area contributed by atoms with Crippen LogP contribution in [0.1, 0.15) is 43.3 Å². The molecule has 140 valence electrons. The summed E-state index contributed by atoms with van der Waals surface area (Å²) in [5, 5.41) is 9.97. The first-order chi connectivity index (χ1) is 12.4. The minimum absolute atomic E-state index is 0.0998. The predicted octanol–water partition coefficient (Wildman–Crippen LogP) is 2.71. The second kappa shape index (κ2) is 7.86. The molecule has 0 radical (unpaired) electrons. The van der Waals surface area contributed by atoms with E-state index in [0.29, 0.717) is 17.6 Å². The smallest absolute Gasteiger partial charge is 0.222 e. The molecule has 1 fully saturated rings. The van der Waals surface area contributed by atoms with Gasteiger partial charge in [-0.3, -0.25) is 14.8 Å². The van der Waals surface area contributed by atoms with Crippen LogP contribution in [0, 0.1) is 12.8 Å². The number of carbonyl (C=O) groups is 1. The number of amides is 1. The van der Waals surface area contributed by atoms with Gasteiger partial charge in [0.15, 0.2) is 0 Å². The SMILES string of the molecule is COc1cc(C[C@@H]2CCN(C(C)c3cc(NC(C)=O)[nH]n3)C2)cc(C)n1. The summed E-state index contributed by atoms with van der Waals surface area (Å²) < 4.78 is 5.28. The Balaban J connectivity index is 1.60. The minimum Gasteiger partial charge on any atom is -0.481 e. The Labute approximate surface area is 154 Å². The Kier molecular flexibility index (Phi) is 5.56. The fourth-order valence-corrected chi connectivity index (χ4v) is 3.64. The van der Waals surface area contributed by atoms with Crippen molar-refractivity contribution in [2.24, 2.45) is 5.92 Å². The van der Waals surface area contributed by atoms with E-state index in [1.807, 2.05) is 19.1 Å². The Morgan fingerprint density at radius 2 is 2.27 bits per heavy atom. The van der Waals surface area contributed by atoms with Gasteiger partial charge in [-0.1, -0.05) is 0 Å². The number of carbonyl (C=O) groups excluding carboxylic acids is 1. The molecule has 3 rings (SSSR count). The summed E-state index contributed by atoms with van der Waals surface area (Å²) in [6.45, 7) is 7.74. The average Bonchev–Trinajstić information content (AvgIpc) is 3.22. The predicted molar refractivity (Wildman–Crippen MR) is 100 cm³/mol. The van der Waals surface area contributed by atoms with Crippen LogP contribution in [0.5, 0.6) is 5.88 Å². The van der Waals surface area contributed by atoms with Crippen LogP contribution in [0.25, 0.3) is 0 Å². The molecule has 1 unspecified atom stereocenters. The average molecular weight is 357 g/mol. The van der Waals surface area contributed by atoms with Crippen molar-refractivity contribution in [3.8, 4) is 5.88 Å². The quantitative estimate of drug-likeness (QED) is 0.830. The molecule has 0 bridgehead atoms. The van der Waals surface area contributed by atoms with Gasteiger partial charge in [-0.05, 0) is 50.8 Å². The number of aromatic amines is 1. The summed E-state index contributed by atoms with van der Waals surface area (Å²) in [6, 6.07) is 6.30. The fraction of sp³-hybridized carbons (Fsp3) is 0.526. The van der Waals surface area contributed by atoms with Gasteiger partial charge in [-0.2, -0.15) is 5.10 Å². The standard InChI is InChI=1S/C19H27N5O2/c1-12-7-16(9-19(20-12)26-4)8-15-5-6-24(11-15)13(2)17-10-18(23-22-17)21-14(3)25/h7,9-10,13,15H,5-6,8,11H2,1-4H3,(H2,21,22,23,25)/t13?,15-/m0/s1. The number of nitrogens with one attached hydrogen (secondary N) is 2. The third-order valence-corrected chi connectivity index (χ3v) is 4.92. The van der Waals surface area contributed by atoms with Crippen LogP contribution in [-0.2, 0) is 11.2 Å². The van der Waals surface area contributed by atoms with E-state index in [2.05, 4.69) is 38.4 Å². The van der Waals surface area contributed by atoms with Gasteiger partial charge in [0.25, 0.3) is 0 Å². The van der Waals surface area contributed by atoms with E-state index < -0.39 is 0 Å². The van der Waals surface area contributed by atoms with Gasteiger partial charge in [-0.15, -0.1) is 0 Å². The number of aromatic nitrogens is 3. The van der Waals surface area contributed by atoms with Crippen molar-refractivity contribution in [1.29, 1.82) is 0 Å². The van der Waals surface area contributed by atoms with Crippen molar-refractivity contribution < 1.29 is 9.53 Å². The van der Waals surface area contributed by atoms with E-state index in [4.69, 9.17) is 4.74 Å². The van der Waals surface area contributed by atoms with Crippen molar-refractivity contribution in [1.82, 2.24) is 20.1 Å². The summed E-state index contributed by atoms with van der Waals surface area (Å²) >= 11 is 0. The van der Waals surface area contributed by atoms with Crippen LogP contribution in [-0.4, -0.2) is 46.2 Å². The maximum atomic E-state index is 11.2. The number of ether oxygens (including phenoxy) is 1. The van der Waals surface area contributed by atoms with Gasteiger partial charge in [0.1, 0.15) is 5.82 Å². The van der Waals surface area contributed by atoms with Crippen molar-refractivity contribution in [3.63, 3.8) is 0 Å². The molecule has 0 aromatic carbocycles. The first kappa shape index (κ1) is 18.4. The topological polar surface area (TPSA) is 83.1 Å². The maximum Gasteiger partial charge on any atom is 0.222 e. The van der Waals surface area contributed by atoms with Crippen LogP contribution < -0.4 is 10.1 Å². The molecule has 1 aliphatic heterocycles. The van der Waals surface area contributed by atoms with Gasteiger partial charge in [0, 0.05) is 31.3 Å². The third-order valence-electron chi connectivity index (χ3n) is 4.92. The molecular formula is C19H27N5O2. The summed E-state index contributed by atoms with van der Waals surface area (Å²) in [5.74, 6) is 1.84. The molecule has 1 saturated heterocycles. The summed E-state index contributed by atoms with van der Waals surface area (Å²) in [7, 11) is 1.66. The van der Waals surface area contributed by atoms with Crippen LogP contribution in [0.15, 0.2) is 18.2 Å².